The summed E-state index contributed by atoms with van der Waals surface area (Å²) in [7, 11) is 0. The Balaban J connectivity index is 1.82. The van der Waals surface area contributed by atoms with Crippen molar-refractivity contribution in [3.8, 4) is 5.75 Å². The molecular formula is C18H21BrN2O3. The van der Waals surface area contributed by atoms with Crippen molar-refractivity contribution in [2.45, 2.75) is 6.92 Å². The largest absolute Gasteiger partial charge is 0.491 e. The van der Waals surface area contributed by atoms with Crippen LogP contribution in [0, 0.1) is 0 Å². The number of para-hydroxylation sites is 1. The molecule has 2 N–H and O–H groups in total. The molecule has 0 spiro atoms. The van der Waals surface area contributed by atoms with Crippen molar-refractivity contribution in [3.63, 3.8) is 0 Å². The van der Waals surface area contributed by atoms with Crippen LogP contribution < -0.4 is 15.4 Å². The lowest BCUT2D eigenvalue weighted by Crippen LogP contribution is -2.21. The zero-order chi connectivity index (χ0) is 17.2. The van der Waals surface area contributed by atoms with Gasteiger partial charge in [-0.1, -0.05) is 18.2 Å². The molecule has 0 aliphatic heterocycles. The van der Waals surface area contributed by atoms with Crippen LogP contribution in [0.3, 0.4) is 0 Å². The van der Waals surface area contributed by atoms with Gasteiger partial charge in [0.05, 0.1) is 13.2 Å². The Bertz CT molecular complexity index is 664. The Morgan fingerprint density at radius 2 is 1.96 bits per heavy atom. The standard InChI is InChI=1S/C18H21BrN2O3/c1-2-23-10-11-24-15-7-5-6-14(12-15)21-18(22)13-20-17-9-4-3-8-16(17)19/h3-9,12,20H,2,10-11,13H2,1H3,(H,21,22). The number of rotatable bonds is 9. The van der Waals surface area contributed by atoms with Gasteiger partial charge < -0.3 is 20.1 Å². The van der Waals surface area contributed by atoms with E-state index in [2.05, 4.69) is 26.6 Å². The quantitative estimate of drug-likeness (QED) is 0.635. The summed E-state index contributed by atoms with van der Waals surface area (Å²) in [4.78, 5) is 12.1. The third-order valence-electron chi connectivity index (χ3n) is 3.13. The number of ether oxygens (including phenoxy) is 2. The third-order valence-corrected chi connectivity index (χ3v) is 3.82. The first-order chi connectivity index (χ1) is 11.7. The normalized spacial score (nSPS) is 10.2. The molecule has 2 rings (SSSR count). The number of hydrogen-bond acceptors (Lipinski definition) is 4. The smallest absolute Gasteiger partial charge is 0.243 e. The SMILES string of the molecule is CCOCCOc1cccc(NC(=O)CNc2ccccc2Br)c1. The Labute approximate surface area is 150 Å². The highest BCUT2D eigenvalue weighted by Gasteiger charge is 2.05. The predicted octanol–water partition coefficient (Wildman–Crippen LogP) is 3.92. The molecule has 2 aromatic carbocycles. The van der Waals surface area contributed by atoms with Gasteiger partial charge in [0.1, 0.15) is 12.4 Å². The van der Waals surface area contributed by atoms with E-state index in [1.807, 2.05) is 49.4 Å². The van der Waals surface area contributed by atoms with Gasteiger partial charge in [-0.25, -0.2) is 0 Å². The van der Waals surface area contributed by atoms with Crippen molar-refractivity contribution >= 4 is 33.2 Å². The first-order valence-corrected chi connectivity index (χ1v) is 8.57. The molecule has 0 aromatic heterocycles. The Kier molecular flexibility index (Phi) is 7.58. The lowest BCUT2D eigenvalue weighted by molar-refractivity contribution is -0.114. The molecule has 0 atom stereocenters. The summed E-state index contributed by atoms with van der Waals surface area (Å²) in [5, 5.41) is 5.93. The van der Waals surface area contributed by atoms with Gasteiger partial charge in [0.15, 0.2) is 0 Å². The Morgan fingerprint density at radius 3 is 2.75 bits per heavy atom. The van der Waals surface area contributed by atoms with Gasteiger partial charge in [0.25, 0.3) is 0 Å². The van der Waals surface area contributed by atoms with Crippen molar-refractivity contribution in [1.82, 2.24) is 0 Å². The van der Waals surface area contributed by atoms with Gasteiger partial charge in [-0.2, -0.15) is 0 Å². The fourth-order valence-corrected chi connectivity index (χ4v) is 2.44. The van der Waals surface area contributed by atoms with Crippen molar-refractivity contribution in [2.75, 3.05) is 37.0 Å². The lowest BCUT2D eigenvalue weighted by Gasteiger charge is -2.11. The number of benzene rings is 2. The van der Waals surface area contributed by atoms with E-state index >= 15 is 0 Å². The first kappa shape index (κ1) is 18.3. The van der Waals surface area contributed by atoms with Crippen LogP contribution in [0.15, 0.2) is 53.0 Å². The summed E-state index contributed by atoms with van der Waals surface area (Å²) in [6, 6.07) is 15.0. The number of carbonyl (C=O) groups is 1. The molecular weight excluding hydrogens is 372 g/mol. The molecule has 0 aliphatic rings. The van der Waals surface area contributed by atoms with Crippen LogP contribution in [0.1, 0.15) is 6.92 Å². The molecule has 0 saturated heterocycles. The number of hydrogen-bond donors (Lipinski definition) is 2. The van der Waals surface area contributed by atoms with E-state index in [4.69, 9.17) is 9.47 Å². The first-order valence-electron chi connectivity index (χ1n) is 7.78. The van der Waals surface area contributed by atoms with Crippen LogP contribution >= 0.6 is 15.9 Å². The van der Waals surface area contributed by atoms with E-state index < -0.39 is 0 Å². The lowest BCUT2D eigenvalue weighted by atomic mass is 10.3. The summed E-state index contributed by atoms with van der Waals surface area (Å²) < 4.78 is 11.7. The van der Waals surface area contributed by atoms with Gasteiger partial charge in [-0.3, -0.25) is 4.79 Å². The zero-order valence-corrected chi connectivity index (χ0v) is 15.1. The second kappa shape index (κ2) is 9.95. The maximum absolute atomic E-state index is 12.1. The average molecular weight is 393 g/mol. The summed E-state index contributed by atoms with van der Waals surface area (Å²) in [5.41, 5.74) is 1.57. The number of nitrogens with one attached hydrogen (secondary N) is 2. The van der Waals surface area contributed by atoms with E-state index in [0.29, 0.717) is 31.3 Å². The highest BCUT2D eigenvalue weighted by molar-refractivity contribution is 9.10. The molecule has 0 fully saturated rings. The van der Waals surface area contributed by atoms with E-state index in [0.717, 1.165) is 10.2 Å². The Morgan fingerprint density at radius 1 is 1.12 bits per heavy atom. The summed E-state index contributed by atoms with van der Waals surface area (Å²) >= 11 is 3.44. The molecule has 6 heteroatoms. The molecule has 2 aromatic rings. The average Bonchev–Trinajstić information content (AvgIpc) is 2.58. The zero-order valence-electron chi connectivity index (χ0n) is 13.5. The number of halogens is 1. The molecule has 0 heterocycles. The number of carbonyl (C=O) groups excluding carboxylic acids is 1. The molecule has 0 aliphatic carbocycles. The van der Waals surface area contributed by atoms with Crippen LogP contribution in [0.25, 0.3) is 0 Å². The number of anilines is 2. The predicted molar refractivity (Wildman–Crippen MR) is 99.7 cm³/mol. The van der Waals surface area contributed by atoms with Crippen LogP contribution in [0.4, 0.5) is 11.4 Å². The van der Waals surface area contributed by atoms with Gasteiger partial charge in [-0.05, 0) is 47.1 Å². The van der Waals surface area contributed by atoms with Crippen LogP contribution in [0.5, 0.6) is 5.75 Å². The molecule has 128 valence electrons. The summed E-state index contributed by atoms with van der Waals surface area (Å²) in [6.45, 7) is 3.82. The summed E-state index contributed by atoms with van der Waals surface area (Å²) in [5.74, 6) is 0.573. The number of amides is 1. The maximum atomic E-state index is 12.1. The molecule has 1 amide bonds. The fraction of sp³-hybridized carbons (Fsp3) is 0.278. The van der Waals surface area contributed by atoms with Crippen molar-refractivity contribution in [3.05, 3.63) is 53.0 Å². The minimum atomic E-state index is -0.128. The van der Waals surface area contributed by atoms with Gasteiger partial charge in [-0.15, -0.1) is 0 Å². The molecule has 24 heavy (non-hydrogen) atoms. The van der Waals surface area contributed by atoms with Crippen molar-refractivity contribution in [2.24, 2.45) is 0 Å². The molecule has 0 saturated carbocycles. The Hall–Kier alpha value is -2.05. The van der Waals surface area contributed by atoms with Crippen LogP contribution in [-0.4, -0.2) is 32.3 Å². The minimum Gasteiger partial charge on any atom is -0.491 e. The molecule has 0 radical (unpaired) electrons. The van der Waals surface area contributed by atoms with Crippen molar-refractivity contribution in [1.29, 1.82) is 0 Å². The van der Waals surface area contributed by atoms with Gasteiger partial charge in [0, 0.05) is 28.5 Å². The second-order valence-electron chi connectivity index (χ2n) is 4.95. The van der Waals surface area contributed by atoms with Gasteiger partial charge >= 0.3 is 0 Å². The maximum Gasteiger partial charge on any atom is 0.243 e. The fourth-order valence-electron chi connectivity index (χ4n) is 2.01. The molecule has 0 unspecified atom stereocenters. The van der Waals surface area contributed by atoms with E-state index in [1.54, 1.807) is 6.07 Å². The topological polar surface area (TPSA) is 59.6 Å². The van der Waals surface area contributed by atoms with E-state index in [-0.39, 0.29) is 12.5 Å². The highest BCUT2D eigenvalue weighted by Crippen LogP contribution is 2.21. The molecule has 0 bridgehead atoms. The molecule has 5 nitrogen and oxygen atoms in total. The second-order valence-corrected chi connectivity index (χ2v) is 5.81. The van der Waals surface area contributed by atoms with Crippen molar-refractivity contribution < 1.29 is 14.3 Å². The van der Waals surface area contributed by atoms with Crippen LogP contribution in [-0.2, 0) is 9.53 Å². The monoisotopic (exact) mass is 392 g/mol. The third kappa shape index (κ3) is 6.22. The van der Waals surface area contributed by atoms with Gasteiger partial charge in [0.2, 0.25) is 5.91 Å². The van der Waals surface area contributed by atoms with E-state index in [1.165, 1.54) is 0 Å². The van der Waals surface area contributed by atoms with Crippen LogP contribution in [0.2, 0.25) is 0 Å². The minimum absolute atomic E-state index is 0.128. The van der Waals surface area contributed by atoms with E-state index in [9.17, 15) is 4.79 Å². The summed E-state index contributed by atoms with van der Waals surface area (Å²) in [6.07, 6.45) is 0. The highest BCUT2D eigenvalue weighted by atomic mass is 79.9.